The summed E-state index contributed by atoms with van der Waals surface area (Å²) in [6, 6.07) is 6.96. The summed E-state index contributed by atoms with van der Waals surface area (Å²) in [7, 11) is 0. The van der Waals surface area contributed by atoms with E-state index in [1.807, 2.05) is 19.1 Å². The monoisotopic (exact) mass is 349 g/mol. The minimum Gasteiger partial charge on any atom is -0.479 e. The Kier molecular flexibility index (Phi) is 6.09. The lowest BCUT2D eigenvalue weighted by atomic mass is 10.0. The van der Waals surface area contributed by atoms with E-state index in [2.05, 4.69) is 5.32 Å². The van der Waals surface area contributed by atoms with Crippen molar-refractivity contribution in [3.63, 3.8) is 0 Å². The first-order chi connectivity index (χ1) is 11.4. The third kappa shape index (κ3) is 4.89. The number of carbonyl (C=O) groups excluding carboxylic acids is 1. The van der Waals surface area contributed by atoms with Gasteiger partial charge in [0.1, 0.15) is 5.82 Å². The highest BCUT2D eigenvalue weighted by Crippen LogP contribution is 2.19. The summed E-state index contributed by atoms with van der Waals surface area (Å²) in [6.45, 7) is 3.59. The Bertz CT molecular complexity index is 742. The van der Waals surface area contributed by atoms with E-state index < -0.39 is 17.8 Å². The fourth-order valence-corrected chi connectivity index (χ4v) is 3.34. The Morgan fingerprint density at radius 2 is 2.00 bits per heavy atom. The Morgan fingerprint density at radius 1 is 1.25 bits per heavy atom. The smallest absolute Gasteiger partial charge is 0.330 e. The number of hydrogen-bond acceptors (Lipinski definition) is 3. The molecule has 4 nitrogen and oxygen atoms in total. The second-order valence-electron chi connectivity index (χ2n) is 5.71. The zero-order valence-corrected chi connectivity index (χ0v) is 14.5. The van der Waals surface area contributed by atoms with E-state index in [9.17, 15) is 19.1 Å². The fourth-order valence-electron chi connectivity index (χ4n) is 2.41. The first-order valence-corrected chi connectivity index (χ1v) is 8.52. The molecule has 1 aromatic carbocycles. The van der Waals surface area contributed by atoms with Crippen LogP contribution in [0.25, 0.3) is 0 Å². The van der Waals surface area contributed by atoms with Crippen molar-refractivity contribution in [2.45, 2.75) is 39.2 Å². The van der Waals surface area contributed by atoms with E-state index in [0.717, 1.165) is 6.42 Å². The van der Waals surface area contributed by atoms with Gasteiger partial charge in [-0.25, -0.2) is 9.18 Å². The Hall–Kier alpha value is -2.21. The molecule has 0 aliphatic carbocycles. The van der Waals surface area contributed by atoms with Crippen molar-refractivity contribution >= 4 is 23.2 Å². The maximum Gasteiger partial charge on any atom is 0.330 e. The van der Waals surface area contributed by atoms with Crippen molar-refractivity contribution in [2.24, 2.45) is 0 Å². The quantitative estimate of drug-likeness (QED) is 0.800. The number of carboxylic acids is 1. The molecule has 0 fully saturated rings. The number of halogens is 1. The molecule has 0 bridgehead atoms. The van der Waals surface area contributed by atoms with Crippen LogP contribution in [0, 0.1) is 19.7 Å². The van der Waals surface area contributed by atoms with Crippen LogP contribution >= 0.6 is 11.3 Å². The van der Waals surface area contributed by atoms with Gasteiger partial charge in [0.15, 0.2) is 6.04 Å². The summed E-state index contributed by atoms with van der Waals surface area (Å²) in [4.78, 5) is 25.9. The largest absolute Gasteiger partial charge is 0.479 e. The summed E-state index contributed by atoms with van der Waals surface area (Å²) in [6.07, 6.45) is 1.70. The van der Waals surface area contributed by atoms with Crippen molar-refractivity contribution < 1.29 is 19.1 Å². The van der Waals surface area contributed by atoms with E-state index >= 15 is 0 Å². The molecule has 0 radical (unpaired) electrons. The maximum absolute atomic E-state index is 13.3. The topological polar surface area (TPSA) is 66.4 Å². The van der Waals surface area contributed by atoms with E-state index in [4.69, 9.17) is 0 Å². The maximum atomic E-state index is 13.3. The highest BCUT2D eigenvalue weighted by atomic mass is 32.1. The zero-order valence-electron chi connectivity index (χ0n) is 13.6. The van der Waals surface area contributed by atoms with E-state index in [0.29, 0.717) is 17.5 Å². The van der Waals surface area contributed by atoms with E-state index in [1.165, 1.54) is 28.0 Å². The van der Waals surface area contributed by atoms with Gasteiger partial charge in [-0.2, -0.15) is 0 Å². The number of aliphatic carboxylic acids is 1. The second-order valence-corrected chi connectivity index (χ2v) is 7.09. The third-order valence-electron chi connectivity index (χ3n) is 3.69. The number of benzene rings is 1. The second kappa shape index (κ2) is 8.06. The van der Waals surface area contributed by atoms with Crippen molar-refractivity contribution in [3.05, 3.63) is 57.0 Å². The molecule has 0 aliphatic rings. The third-order valence-corrected chi connectivity index (χ3v) is 4.75. The van der Waals surface area contributed by atoms with Crippen molar-refractivity contribution in [1.29, 1.82) is 0 Å². The lowest BCUT2D eigenvalue weighted by Crippen LogP contribution is -2.33. The number of aryl methyl sites for hydroxylation is 3. The van der Waals surface area contributed by atoms with Crippen LogP contribution in [0.1, 0.15) is 39.8 Å². The van der Waals surface area contributed by atoms with Gasteiger partial charge in [-0.1, -0.05) is 12.1 Å². The van der Waals surface area contributed by atoms with Crippen LogP contribution in [0.15, 0.2) is 30.3 Å². The van der Waals surface area contributed by atoms with Crippen molar-refractivity contribution in [3.8, 4) is 0 Å². The van der Waals surface area contributed by atoms with Gasteiger partial charge in [0.2, 0.25) is 5.91 Å². The first kappa shape index (κ1) is 18.1. The van der Waals surface area contributed by atoms with Crippen LogP contribution in [0.5, 0.6) is 0 Å². The average Bonchev–Trinajstić information content (AvgIpc) is 2.93. The summed E-state index contributed by atoms with van der Waals surface area (Å²) in [5, 5.41) is 11.8. The lowest BCUT2D eigenvalue weighted by molar-refractivity contribution is -0.142. The highest BCUT2D eigenvalue weighted by Gasteiger charge is 2.22. The molecule has 2 N–H and O–H groups in total. The van der Waals surface area contributed by atoms with E-state index in [-0.39, 0.29) is 12.3 Å². The van der Waals surface area contributed by atoms with Crippen LogP contribution in [-0.4, -0.2) is 17.0 Å². The fraction of sp³-hybridized carbons (Fsp3) is 0.333. The minimum absolute atomic E-state index is 0.251. The van der Waals surface area contributed by atoms with Gasteiger partial charge < -0.3 is 10.4 Å². The number of rotatable bonds is 7. The molecule has 1 amide bonds. The van der Waals surface area contributed by atoms with Crippen LogP contribution in [0.2, 0.25) is 0 Å². The number of nitrogens with one attached hydrogen (secondary N) is 1. The van der Waals surface area contributed by atoms with Gasteiger partial charge in [-0.15, -0.1) is 11.3 Å². The summed E-state index contributed by atoms with van der Waals surface area (Å²) < 4.78 is 13.3. The summed E-state index contributed by atoms with van der Waals surface area (Å²) >= 11 is 1.70. The average molecular weight is 349 g/mol. The van der Waals surface area contributed by atoms with Crippen LogP contribution in [-0.2, 0) is 16.0 Å². The molecule has 2 rings (SSSR count). The molecule has 2 aromatic rings. The molecule has 0 saturated heterocycles. The Balaban J connectivity index is 1.93. The van der Waals surface area contributed by atoms with Gasteiger partial charge >= 0.3 is 5.97 Å². The molecule has 1 atom stereocenters. The van der Waals surface area contributed by atoms with Crippen LogP contribution < -0.4 is 5.32 Å². The van der Waals surface area contributed by atoms with Gasteiger partial charge in [-0.05, 0) is 56.0 Å². The predicted octanol–water partition coefficient (Wildman–Crippen LogP) is 3.77. The number of hydrogen-bond donors (Lipinski definition) is 2. The molecule has 1 heterocycles. The first-order valence-electron chi connectivity index (χ1n) is 7.70. The van der Waals surface area contributed by atoms with Crippen molar-refractivity contribution in [2.75, 3.05) is 0 Å². The van der Waals surface area contributed by atoms with Crippen LogP contribution in [0.4, 0.5) is 4.39 Å². The molecule has 24 heavy (non-hydrogen) atoms. The van der Waals surface area contributed by atoms with Gasteiger partial charge in [-0.3, -0.25) is 4.79 Å². The number of amides is 1. The van der Waals surface area contributed by atoms with Gasteiger partial charge in [0.05, 0.1) is 0 Å². The van der Waals surface area contributed by atoms with E-state index in [1.54, 1.807) is 18.3 Å². The molecule has 1 aromatic heterocycles. The lowest BCUT2D eigenvalue weighted by Gasteiger charge is -2.15. The molecule has 0 saturated carbocycles. The standard InChI is InChI=1S/C18H20FNO3S/c1-11-10-13(7-9-15(11)19)17(18(22)23)20-16(21)5-3-4-14-8-6-12(2)24-14/h6-10,17H,3-5H2,1-2H3,(H,20,21)(H,22,23). The van der Waals surface area contributed by atoms with Crippen molar-refractivity contribution in [1.82, 2.24) is 5.32 Å². The Morgan fingerprint density at radius 3 is 2.58 bits per heavy atom. The molecule has 6 heteroatoms. The highest BCUT2D eigenvalue weighted by molar-refractivity contribution is 7.11. The number of thiophene rings is 1. The number of carboxylic acid groups (broad SMARTS) is 1. The van der Waals surface area contributed by atoms with Crippen LogP contribution in [0.3, 0.4) is 0 Å². The van der Waals surface area contributed by atoms with Gasteiger partial charge in [0, 0.05) is 16.2 Å². The molecular formula is C18H20FNO3S. The molecule has 1 unspecified atom stereocenters. The SMILES string of the molecule is Cc1ccc(CCCC(=O)NC(C(=O)O)c2ccc(F)c(C)c2)s1. The predicted molar refractivity (Wildman–Crippen MR) is 91.7 cm³/mol. The minimum atomic E-state index is -1.17. The molecule has 0 aliphatic heterocycles. The molecule has 128 valence electrons. The zero-order chi connectivity index (χ0) is 17.7. The van der Waals surface area contributed by atoms with Gasteiger partial charge in [0.25, 0.3) is 0 Å². The number of carbonyl (C=O) groups is 2. The molecular weight excluding hydrogens is 329 g/mol. The summed E-state index contributed by atoms with van der Waals surface area (Å²) in [5.74, 6) is -1.89. The summed E-state index contributed by atoms with van der Waals surface area (Å²) in [5.41, 5.74) is 0.713. The normalized spacial score (nSPS) is 12.0. The Labute approximate surface area is 144 Å². The molecule has 0 spiro atoms.